The van der Waals surface area contributed by atoms with Gasteiger partial charge >= 0.3 is 11.9 Å². The fourth-order valence-electron chi connectivity index (χ4n) is 1.08. The molecule has 10 nitrogen and oxygen atoms in total. The topological polar surface area (TPSA) is 185 Å². The third-order valence-electron chi connectivity index (χ3n) is 2.05. The molecule has 0 aromatic rings. The van der Waals surface area contributed by atoms with E-state index in [-0.39, 0.29) is 0 Å². The lowest BCUT2D eigenvalue weighted by Crippen LogP contribution is -2.58. The summed E-state index contributed by atoms with van der Waals surface area (Å²) < 4.78 is 4.58. The number of aliphatic carboxylic acids is 2. The third-order valence-corrected chi connectivity index (χ3v) is 2.05. The van der Waals surface area contributed by atoms with E-state index < -0.39 is 49.3 Å². The van der Waals surface area contributed by atoms with Gasteiger partial charge in [-0.3, -0.25) is 0 Å². The molecule has 0 unspecified atom stereocenters. The first-order valence-corrected chi connectivity index (χ1v) is 4.67. The average Bonchev–Trinajstić information content (AvgIpc) is 2.31. The summed E-state index contributed by atoms with van der Waals surface area (Å²) in [5, 5.41) is 59.4. The van der Waals surface area contributed by atoms with Gasteiger partial charge in [0, 0.05) is 0 Å². The molecule has 1 saturated heterocycles. The lowest BCUT2D eigenvalue weighted by Gasteiger charge is -2.37. The maximum atomic E-state index is 9.12. The van der Waals surface area contributed by atoms with Crippen LogP contribution in [0.4, 0.5) is 0 Å². The quantitative estimate of drug-likeness (QED) is 0.231. The molecule has 1 fully saturated rings. The normalized spacial score (nSPS) is 35.3. The fraction of sp³-hybridized carbons (Fsp3) is 0.750. The van der Waals surface area contributed by atoms with Crippen molar-refractivity contribution in [1.29, 1.82) is 0 Å². The molecule has 0 bridgehead atoms. The molecule has 10 heteroatoms. The van der Waals surface area contributed by atoms with Gasteiger partial charge in [0.2, 0.25) is 0 Å². The summed E-state index contributed by atoms with van der Waals surface area (Å²) in [6.45, 7) is -0.526. The zero-order valence-electron chi connectivity index (χ0n) is 8.95. The summed E-state index contributed by atoms with van der Waals surface area (Å²) in [5.41, 5.74) is 0. The predicted octanol–water partition coefficient (Wildman–Crippen LogP) is -4.07. The van der Waals surface area contributed by atoms with Crippen LogP contribution in [0.15, 0.2) is 0 Å². The van der Waals surface area contributed by atoms with Crippen LogP contribution in [-0.2, 0) is 14.3 Å². The van der Waals surface area contributed by atoms with Crippen molar-refractivity contribution in [2.24, 2.45) is 0 Å². The summed E-state index contributed by atoms with van der Waals surface area (Å²) in [6, 6.07) is 0. The number of hydrogen-bond donors (Lipinski definition) is 7. The molecule has 18 heavy (non-hydrogen) atoms. The van der Waals surface area contributed by atoms with Gasteiger partial charge in [0.1, 0.15) is 24.4 Å². The van der Waals surface area contributed by atoms with E-state index in [9.17, 15) is 0 Å². The molecule has 0 radical (unpaired) electrons. The van der Waals surface area contributed by atoms with E-state index in [4.69, 9.17) is 45.3 Å². The molecule has 0 aromatic carbocycles. The van der Waals surface area contributed by atoms with Crippen LogP contribution >= 0.6 is 0 Å². The van der Waals surface area contributed by atoms with Crippen LogP contribution in [0.3, 0.4) is 0 Å². The molecule has 0 aromatic heterocycles. The Hall–Kier alpha value is -1.30. The van der Waals surface area contributed by atoms with Crippen molar-refractivity contribution in [2.45, 2.75) is 30.7 Å². The summed E-state index contributed by atoms with van der Waals surface area (Å²) in [5.74, 6) is -3.65. The van der Waals surface area contributed by atoms with Crippen molar-refractivity contribution in [3.8, 4) is 0 Å². The number of rotatable bonds is 1. The molecule has 0 spiro atoms. The molecular formula is C8H14O10. The van der Waals surface area contributed by atoms with E-state index in [0.29, 0.717) is 0 Å². The van der Waals surface area contributed by atoms with Crippen LogP contribution < -0.4 is 0 Å². The average molecular weight is 270 g/mol. The minimum atomic E-state index is -1.82. The molecule has 5 atom stereocenters. The van der Waals surface area contributed by atoms with Crippen LogP contribution in [0.1, 0.15) is 0 Å². The molecule has 1 aliphatic heterocycles. The second-order valence-electron chi connectivity index (χ2n) is 3.33. The molecule has 106 valence electrons. The van der Waals surface area contributed by atoms with Gasteiger partial charge in [-0.15, -0.1) is 0 Å². The minimum absolute atomic E-state index is 0.526. The van der Waals surface area contributed by atoms with E-state index in [1.54, 1.807) is 0 Å². The molecule has 0 amide bonds. The smallest absolute Gasteiger partial charge is 0.414 e. The third kappa shape index (κ3) is 4.52. The second kappa shape index (κ2) is 7.20. The highest BCUT2D eigenvalue weighted by Crippen LogP contribution is 2.18. The van der Waals surface area contributed by atoms with Crippen LogP contribution in [0.5, 0.6) is 0 Å². The Bertz CT molecular complexity index is 275. The van der Waals surface area contributed by atoms with Crippen LogP contribution in [0.2, 0.25) is 0 Å². The van der Waals surface area contributed by atoms with E-state index in [1.165, 1.54) is 0 Å². The van der Waals surface area contributed by atoms with Gasteiger partial charge in [0.15, 0.2) is 6.29 Å². The predicted molar refractivity (Wildman–Crippen MR) is 51.3 cm³/mol. The van der Waals surface area contributed by atoms with E-state index >= 15 is 0 Å². The Labute approximate surface area is 100 Å². The minimum Gasteiger partial charge on any atom is -0.473 e. The van der Waals surface area contributed by atoms with Gasteiger partial charge in [0.05, 0.1) is 6.61 Å². The van der Waals surface area contributed by atoms with Crippen molar-refractivity contribution < 1.29 is 50.1 Å². The number of carboxylic acids is 2. The largest absolute Gasteiger partial charge is 0.473 e. The van der Waals surface area contributed by atoms with Gasteiger partial charge in [-0.1, -0.05) is 0 Å². The van der Waals surface area contributed by atoms with E-state index in [1.807, 2.05) is 0 Å². The van der Waals surface area contributed by atoms with Crippen molar-refractivity contribution in [3.05, 3.63) is 0 Å². The van der Waals surface area contributed by atoms with E-state index in [2.05, 4.69) is 4.74 Å². The van der Waals surface area contributed by atoms with Crippen molar-refractivity contribution in [1.82, 2.24) is 0 Å². The highest BCUT2D eigenvalue weighted by molar-refractivity contribution is 6.27. The number of carboxylic acid groups (broad SMARTS) is 2. The van der Waals surface area contributed by atoms with Crippen LogP contribution in [0.25, 0.3) is 0 Å². The summed E-state index contributed by atoms with van der Waals surface area (Å²) in [4.78, 5) is 18.2. The number of hydrogen-bond acceptors (Lipinski definition) is 8. The summed E-state index contributed by atoms with van der Waals surface area (Å²) in [6.07, 6.45) is -7.04. The SMILES string of the molecule is O=C(O)C(=O)O.OC[C@H]1O[C@@H](O)[C@@H](O)[C@@H](O)[C@@H]1O. The van der Waals surface area contributed by atoms with Crippen molar-refractivity contribution in [2.75, 3.05) is 6.61 Å². The Morgan fingerprint density at radius 1 is 0.889 bits per heavy atom. The molecule has 1 rings (SSSR count). The van der Waals surface area contributed by atoms with Crippen molar-refractivity contribution >= 4 is 11.9 Å². The highest BCUT2D eigenvalue weighted by Gasteiger charge is 2.42. The monoisotopic (exact) mass is 270 g/mol. The molecule has 7 N–H and O–H groups in total. The fourth-order valence-corrected chi connectivity index (χ4v) is 1.08. The lowest BCUT2D eigenvalue weighted by atomic mass is 10.00. The first kappa shape index (κ1) is 16.7. The Morgan fingerprint density at radius 3 is 1.67 bits per heavy atom. The van der Waals surface area contributed by atoms with Gasteiger partial charge < -0.3 is 40.5 Å². The first-order valence-electron chi connectivity index (χ1n) is 4.67. The maximum absolute atomic E-state index is 9.12. The molecule has 1 aliphatic rings. The van der Waals surface area contributed by atoms with Gasteiger partial charge in [-0.05, 0) is 0 Å². The summed E-state index contributed by atoms with van der Waals surface area (Å²) in [7, 11) is 0. The van der Waals surface area contributed by atoms with Gasteiger partial charge in [0.25, 0.3) is 0 Å². The van der Waals surface area contributed by atoms with Gasteiger partial charge in [-0.2, -0.15) is 0 Å². The van der Waals surface area contributed by atoms with E-state index in [0.717, 1.165) is 0 Å². The Morgan fingerprint density at radius 2 is 1.33 bits per heavy atom. The number of ether oxygens (including phenoxy) is 1. The van der Waals surface area contributed by atoms with Crippen molar-refractivity contribution in [3.63, 3.8) is 0 Å². The van der Waals surface area contributed by atoms with Crippen LogP contribution in [0, 0.1) is 0 Å². The zero-order chi connectivity index (χ0) is 14.5. The lowest BCUT2D eigenvalue weighted by molar-refractivity contribution is -0.286. The van der Waals surface area contributed by atoms with Crippen LogP contribution in [-0.4, -0.2) is 85.0 Å². The van der Waals surface area contributed by atoms with Gasteiger partial charge in [-0.25, -0.2) is 9.59 Å². The second-order valence-corrected chi connectivity index (χ2v) is 3.33. The highest BCUT2D eigenvalue weighted by atomic mass is 16.6. The molecule has 0 saturated carbocycles. The maximum Gasteiger partial charge on any atom is 0.414 e. The molecular weight excluding hydrogens is 256 g/mol. The Kier molecular flexibility index (Phi) is 6.68. The number of aliphatic hydroxyl groups is 5. The zero-order valence-corrected chi connectivity index (χ0v) is 8.95. The number of carbonyl (C=O) groups is 2. The Balaban J connectivity index is 0.000000411. The standard InChI is InChI=1S/C6H12O6.C2H2O4/c7-1-2-3(8)4(9)5(10)6(11)12-2;3-1(4)2(5)6/h2-11H,1H2;(H,3,4)(H,5,6)/t2-,3-,4+,5+,6-;/m1./s1. The first-order chi connectivity index (χ1) is 8.22. The molecule has 1 heterocycles. The molecule has 0 aliphatic carbocycles. The summed E-state index contributed by atoms with van der Waals surface area (Å²) >= 11 is 0. The number of aliphatic hydroxyl groups excluding tert-OH is 5.